The molecule has 4 N–H and O–H groups in total. The number of phosphoric ester groups is 2. The summed E-state index contributed by atoms with van der Waals surface area (Å²) in [6, 6.07) is 0. The minimum absolute atomic E-state index is 0.0444. The fourth-order valence-corrected chi connectivity index (χ4v) is 2.30. The Morgan fingerprint density at radius 1 is 0.920 bits per heavy atom. The molecule has 0 fully saturated rings. The Bertz CT molecular complexity index is 432. The molecule has 0 aliphatic rings. The molecule has 0 spiro atoms. The van der Waals surface area contributed by atoms with E-state index < -0.39 is 47.2 Å². The van der Waals surface area contributed by atoms with Gasteiger partial charge < -0.3 is 33.8 Å². The summed E-state index contributed by atoms with van der Waals surface area (Å²) < 4.78 is 44.6. The lowest BCUT2D eigenvalue weighted by atomic mass is 10.1. The molecule has 0 rings (SSSR count). The summed E-state index contributed by atoms with van der Waals surface area (Å²) in [5.41, 5.74) is 0. The van der Waals surface area contributed by atoms with E-state index in [1.54, 1.807) is 7.11 Å². The molecule has 0 aliphatic heterocycles. The third-order valence-corrected chi connectivity index (χ3v) is 3.51. The summed E-state index contributed by atoms with van der Waals surface area (Å²) >= 11 is 0. The van der Waals surface area contributed by atoms with Gasteiger partial charge in [-0.15, -0.1) is 0 Å². The molecule has 0 amide bonds. The van der Waals surface area contributed by atoms with Crippen LogP contribution in [-0.4, -0.2) is 72.3 Å². The standard InChI is InChI=1S/C11H24O12P2/c1-19-3-2-4-20-5-6-21-11(12)7-10(8-22-24(13,14)15)9-23-25(16,17)18/h10H,2-9H2,1H3,(H2,13,14,15)(H2,16,17,18). The van der Waals surface area contributed by atoms with Crippen LogP contribution in [0.15, 0.2) is 0 Å². The predicted molar refractivity (Wildman–Crippen MR) is 82.4 cm³/mol. The van der Waals surface area contributed by atoms with Gasteiger partial charge in [0.05, 0.1) is 26.2 Å². The molecule has 12 nitrogen and oxygen atoms in total. The van der Waals surface area contributed by atoms with Crippen molar-refractivity contribution in [3.63, 3.8) is 0 Å². The molecular formula is C11H24O12P2. The number of ether oxygens (including phenoxy) is 3. The lowest BCUT2D eigenvalue weighted by molar-refractivity contribution is -0.147. The smallest absolute Gasteiger partial charge is 0.463 e. The van der Waals surface area contributed by atoms with Crippen molar-refractivity contribution in [2.45, 2.75) is 12.8 Å². The largest absolute Gasteiger partial charge is 0.469 e. The Morgan fingerprint density at radius 2 is 1.48 bits per heavy atom. The molecular weight excluding hydrogens is 386 g/mol. The average molecular weight is 410 g/mol. The average Bonchev–Trinajstić information content (AvgIpc) is 2.47. The molecule has 0 atom stereocenters. The lowest BCUT2D eigenvalue weighted by Crippen LogP contribution is -2.21. The maximum Gasteiger partial charge on any atom is 0.469 e. The van der Waals surface area contributed by atoms with Gasteiger partial charge in [-0.25, -0.2) is 9.13 Å². The van der Waals surface area contributed by atoms with E-state index in [1.807, 2.05) is 0 Å². The SMILES string of the molecule is COCCCOCCOC(=O)CC(COP(=O)(O)O)COP(=O)(O)O. The molecule has 0 saturated carbocycles. The number of carbonyl (C=O) groups excluding carboxylic acids is 1. The molecule has 0 radical (unpaired) electrons. The molecule has 0 aliphatic carbocycles. The molecule has 0 heterocycles. The zero-order chi connectivity index (χ0) is 19.3. The number of methoxy groups -OCH3 is 1. The van der Waals surface area contributed by atoms with Crippen LogP contribution < -0.4 is 0 Å². The van der Waals surface area contributed by atoms with Crippen molar-refractivity contribution in [1.29, 1.82) is 0 Å². The van der Waals surface area contributed by atoms with Crippen LogP contribution in [0.2, 0.25) is 0 Å². The maximum absolute atomic E-state index is 11.6. The van der Waals surface area contributed by atoms with Crippen LogP contribution in [0.4, 0.5) is 0 Å². The number of esters is 1. The third kappa shape index (κ3) is 18.2. The van der Waals surface area contributed by atoms with Gasteiger partial charge in [-0.3, -0.25) is 13.8 Å². The zero-order valence-electron chi connectivity index (χ0n) is 13.7. The fourth-order valence-electron chi connectivity index (χ4n) is 1.49. The van der Waals surface area contributed by atoms with Crippen LogP contribution in [0.1, 0.15) is 12.8 Å². The maximum atomic E-state index is 11.6. The van der Waals surface area contributed by atoms with E-state index in [0.29, 0.717) is 19.6 Å². The van der Waals surface area contributed by atoms with Gasteiger partial charge in [0.25, 0.3) is 0 Å². The van der Waals surface area contributed by atoms with Crippen molar-refractivity contribution in [2.75, 3.05) is 46.8 Å². The lowest BCUT2D eigenvalue weighted by Gasteiger charge is -2.17. The number of carbonyl (C=O) groups is 1. The number of rotatable bonds is 15. The van der Waals surface area contributed by atoms with Gasteiger partial charge in [-0.05, 0) is 6.42 Å². The van der Waals surface area contributed by atoms with Crippen molar-refractivity contribution < 1.29 is 56.8 Å². The van der Waals surface area contributed by atoms with Crippen LogP contribution in [0.25, 0.3) is 0 Å². The Balaban J connectivity index is 4.17. The molecule has 0 aromatic rings. The topological polar surface area (TPSA) is 178 Å². The second-order valence-electron chi connectivity index (χ2n) is 4.82. The van der Waals surface area contributed by atoms with Crippen LogP contribution in [0, 0.1) is 5.92 Å². The van der Waals surface area contributed by atoms with Gasteiger partial charge in [0, 0.05) is 26.2 Å². The summed E-state index contributed by atoms with van der Waals surface area (Å²) in [6.45, 7) is -0.212. The highest BCUT2D eigenvalue weighted by atomic mass is 31.2. The highest BCUT2D eigenvalue weighted by Crippen LogP contribution is 2.39. The van der Waals surface area contributed by atoms with Gasteiger partial charge in [-0.2, -0.15) is 0 Å². The van der Waals surface area contributed by atoms with Crippen LogP contribution in [0.3, 0.4) is 0 Å². The van der Waals surface area contributed by atoms with E-state index in [4.69, 9.17) is 33.8 Å². The van der Waals surface area contributed by atoms with Crippen molar-refractivity contribution in [3.05, 3.63) is 0 Å². The molecule has 0 aromatic heterocycles. The monoisotopic (exact) mass is 410 g/mol. The van der Waals surface area contributed by atoms with Gasteiger partial charge in [0.1, 0.15) is 6.61 Å². The summed E-state index contributed by atoms with van der Waals surface area (Å²) in [7, 11) is -8.04. The molecule has 0 aromatic carbocycles. The van der Waals surface area contributed by atoms with Crippen molar-refractivity contribution >= 4 is 21.6 Å². The first-order chi connectivity index (χ1) is 11.5. The Kier molecular flexibility index (Phi) is 12.7. The minimum atomic E-state index is -4.80. The van der Waals surface area contributed by atoms with Crippen LogP contribution in [-0.2, 0) is 37.2 Å². The first-order valence-electron chi connectivity index (χ1n) is 7.16. The quantitative estimate of drug-likeness (QED) is 0.159. The van der Waals surface area contributed by atoms with E-state index >= 15 is 0 Å². The van der Waals surface area contributed by atoms with Gasteiger partial charge >= 0.3 is 21.6 Å². The second-order valence-corrected chi connectivity index (χ2v) is 7.30. The van der Waals surface area contributed by atoms with E-state index in [2.05, 4.69) is 9.05 Å². The normalized spacial score (nSPS) is 12.6. The first kappa shape index (κ1) is 24.6. The van der Waals surface area contributed by atoms with Crippen LogP contribution in [0.5, 0.6) is 0 Å². The van der Waals surface area contributed by atoms with E-state index in [1.165, 1.54) is 0 Å². The minimum Gasteiger partial charge on any atom is -0.463 e. The van der Waals surface area contributed by atoms with Gasteiger partial charge in [0.2, 0.25) is 0 Å². The first-order valence-corrected chi connectivity index (χ1v) is 10.2. The van der Waals surface area contributed by atoms with Crippen LogP contribution >= 0.6 is 15.6 Å². The molecule has 14 heteroatoms. The van der Waals surface area contributed by atoms with Crippen molar-refractivity contribution in [2.24, 2.45) is 5.92 Å². The molecule has 25 heavy (non-hydrogen) atoms. The Labute approximate surface area is 144 Å². The highest BCUT2D eigenvalue weighted by Gasteiger charge is 2.24. The zero-order valence-corrected chi connectivity index (χ0v) is 15.5. The number of phosphoric acid groups is 2. The predicted octanol–water partition coefficient (Wildman–Crippen LogP) is -0.192. The summed E-state index contributed by atoms with van der Waals surface area (Å²) in [5, 5.41) is 0. The second kappa shape index (κ2) is 12.9. The summed E-state index contributed by atoms with van der Waals surface area (Å²) in [4.78, 5) is 46.2. The van der Waals surface area contributed by atoms with E-state index in [0.717, 1.165) is 0 Å². The number of hydrogen-bond donors (Lipinski definition) is 4. The molecule has 0 saturated heterocycles. The van der Waals surface area contributed by atoms with E-state index in [9.17, 15) is 13.9 Å². The summed E-state index contributed by atoms with van der Waals surface area (Å²) in [6.07, 6.45) is 0.273. The Morgan fingerprint density at radius 3 is 1.96 bits per heavy atom. The fraction of sp³-hybridized carbons (Fsp3) is 0.909. The van der Waals surface area contributed by atoms with Gasteiger partial charge in [-0.1, -0.05) is 0 Å². The summed E-state index contributed by atoms with van der Waals surface area (Å²) in [5.74, 6) is -1.77. The van der Waals surface area contributed by atoms with E-state index in [-0.39, 0.29) is 13.2 Å². The molecule has 0 unspecified atom stereocenters. The molecule has 150 valence electrons. The van der Waals surface area contributed by atoms with Crippen molar-refractivity contribution in [1.82, 2.24) is 0 Å². The number of hydrogen-bond acceptors (Lipinski definition) is 8. The molecule has 0 bridgehead atoms. The van der Waals surface area contributed by atoms with Crippen molar-refractivity contribution in [3.8, 4) is 0 Å². The Hall–Kier alpha value is -0.390. The highest BCUT2D eigenvalue weighted by molar-refractivity contribution is 7.46. The third-order valence-electron chi connectivity index (χ3n) is 2.54. The van der Waals surface area contributed by atoms with Gasteiger partial charge in [0.15, 0.2) is 0 Å².